The van der Waals surface area contributed by atoms with Gasteiger partial charge in [-0.1, -0.05) is 24.3 Å². The van der Waals surface area contributed by atoms with Crippen molar-refractivity contribution in [2.24, 2.45) is 0 Å². The molecule has 0 aliphatic carbocycles. The maximum Gasteiger partial charge on any atom is 0.414 e. The molecule has 32 heavy (non-hydrogen) atoms. The zero-order chi connectivity index (χ0) is 22.5. The van der Waals surface area contributed by atoms with Gasteiger partial charge in [0.05, 0.1) is 32.0 Å². The molecule has 2 fully saturated rings. The van der Waals surface area contributed by atoms with Gasteiger partial charge in [-0.2, -0.15) is 0 Å². The van der Waals surface area contributed by atoms with Crippen molar-refractivity contribution < 1.29 is 28.2 Å². The van der Waals surface area contributed by atoms with Crippen LogP contribution in [0.25, 0.3) is 11.1 Å². The summed E-state index contributed by atoms with van der Waals surface area (Å²) >= 11 is 0. The number of nitrogens with zero attached hydrogens (tertiary/aromatic N) is 1. The molecule has 2 heterocycles. The lowest BCUT2D eigenvalue weighted by Crippen LogP contribution is -2.33. The number of ether oxygens (including phenoxy) is 3. The summed E-state index contributed by atoms with van der Waals surface area (Å²) in [5.74, 6) is -0.610. The Balaban J connectivity index is 1.36. The van der Waals surface area contributed by atoms with E-state index in [9.17, 15) is 14.0 Å². The van der Waals surface area contributed by atoms with Gasteiger partial charge in [0.25, 0.3) is 0 Å². The van der Waals surface area contributed by atoms with Crippen LogP contribution in [0.4, 0.5) is 14.9 Å². The number of halogens is 1. The molecule has 2 amide bonds. The van der Waals surface area contributed by atoms with E-state index in [4.69, 9.17) is 14.2 Å². The van der Waals surface area contributed by atoms with E-state index in [1.54, 1.807) is 12.1 Å². The smallest absolute Gasteiger partial charge is 0.414 e. The predicted molar refractivity (Wildman–Crippen MR) is 117 cm³/mol. The average molecular weight is 442 g/mol. The Hall–Kier alpha value is -2.97. The van der Waals surface area contributed by atoms with Gasteiger partial charge in [0.2, 0.25) is 5.91 Å². The Kier molecular flexibility index (Phi) is 7.02. The standard InChI is InChI=1S/C24H27FN2O5/c1-16(28)26-14-20-15-27(24(29)32-20)19-9-10-21(22(25)13-19)18-7-5-17(6-8-18)3-2-4-23-30-11-12-31-23/h5-10,13,20,23H,2-4,11-12,14-15H2,1H3,(H,26,28)/t20-/m0/s1. The number of hydrogen-bond donors (Lipinski definition) is 1. The van der Waals surface area contributed by atoms with Gasteiger partial charge in [0, 0.05) is 12.5 Å². The molecule has 2 aliphatic rings. The number of anilines is 1. The fraction of sp³-hybridized carbons (Fsp3) is 0.417. The van der Waals surface area contributed by atoms with Crippen molar-refractivity contribution >= 4 is 17.7 Å². The van der Waals surface area contributed by atoms with Crippen LogP contribution < -0.4 is 10.2 Å². The van der Waals surface area contributed by atoms with E-state index in [-0.39, 0.29) is 25.3 Å². The molecule has 2 aromatic carbocycles. The fourth-order valence-corrected chi connectivity index (χ4v) is 3.90. The Morgan fingerprint density at radius 2 is 1.91 bits per heavy atom. The second-order valence-corrected chi connectivity index (χ2v) is 7.98. The summed E-state index contributed by atoms with van der Waals surface area (Å²) in [6.07, 6.45) is 1.63. The van der Waals surface area contributed by atoms with E-state index < -0.39 is 18.0 Å². The number of benzene rings is 2. The summed E-state index contributed by atoms with van der Waals surface area (Å²) in [4.78, 5) is 24.6. The normalized spacial score (nSPS) is 18.8. The van der Waals surface area contributed by atoms with Crippen molar-refractivity contribution in [2.75, 3.05) is 31.2 Å². The highest BCUT2D eigenvalue weighted by Gasteiger charge is 2.32. The number of carbonyl (C=O) groups is 2. The van der Waals surface area contributed by atoms with Gasteiger partial charge in [-0.25, -0.2) is 9.18 Å². The highest BCUT2D eigenvalue weighted by atomic mass is 19.1. The molecule has 0 spiro atoms. The van der Waals surface area contributed by atoms with Crippen LogP contribution in [0.5, 0.6) is 0 Å². The first-order chi connectivity index (χ1) is 15.5. The minimum atomic E-state index is -0.551. The molecular formula is C24H27FN2O5. The summed E-state index contributed by atoms with van der Waals surface area (Å²) in [5.41, 5.74) is 2.84. The van der Waals surface area contributed by atoms with Crippen molar-refractivity contribution in [2.45, 2.75) is 38.6 Å². The van der Waals surface area contributed by atoms with Crippen molar-refractivity contribution in [3.05, 3.63) is 53.8 Å². The zero-order valence-electron chi connectivity index (χ0n) is 18.0. The van der Waals surface area contributed by atoms with E-state index in [1.807, 2.05) is 24.3 Å². The lowest BCUT2D eigenvalue weighted by Gasteiger charge is -2.15. The maximum atomic E-state index is 14.9. The van der Waals surface area contributed by atoms with Crippen LogP contribution in [0.1, 0.15) is 25.3 Å². The van der Waals surface area contributed by atoms with E-state index in [2.05, 4.69) is 5.32 Å². The van der Waals surface area contributed by atoms with Gasteiger partial charge in [-0.05, 0) is 48.6 Å². The lowest BCUT2D eigenvalue weighted by atomic mass is 10.0. The first kappa shape index (κ1) is 22.2. The van der Waals surface area contributed by atoms with Crippen LogP contribution in [0, 0.1) is 5.82 Å². The molecule has 1 atom stereocenters. The quantitative estimate of drug-likeness (QED) is 0.675. The molecule has 0 saturated carbocycles. The third-order valence-electron chi connectivity index (χ3n) is 5.58. The average Bonchev–Trinajstić information content (AvgIpc) is 3.42. The van der Waals surface area contributed by atoms with Crippen molar-refractivity contribution in [3.63, 3.8) is 0 Å². The van der Waals surface area contributed by atoms with E-state index in [0.29, 0.717) is 24.5 Å². The molecule has 0 unspecified atom stereocenters. The van der Waals surface area contributed by atoms with Crippen molar-refractivity contribution in [1.82, 2.24) is 5.32 Å². The molecule has 1 N–H and O–H groups in total. The molecule has 2 aromatic rings. The van der Waals surface area contributed by atoms with E-state index >= 15 is 0 Å². The summed E-state index contributed by atoms with van der Waals surface area (Å²) in [5, 5.41) is 2.62. The highest BCUT2D eigenvalue weighted by molar-refractivity contribution is 5.90. The van der Waals surface area contributed by atoms with Gasteiger partial charge in [0.15, 0.2) is 6.29 Å². The molecule has 170 valence electrons. The van der Waals surface area contributed by atoms with Crippen LogP contribution in [-0.4, -0.2) is 50.7 Å². The van der Waals surface area contributed by atoms with Gasteiger partial charge in [-0.15, -0.1) is 0 Å². The monoisotopic (exact) mass is 442 g/mol. The second-order valence-electron chi connectivity index (χ2n) is 7.98. The molecule has 8 heteroatoms. The third kappa shape index (κ3) is 5.44. The lowest BCUT2D eigenvalue weighted by molar-refractivity contribution is -0.119. The molecule has 2 aliphatic heterocycles. The molecule has 0 bridgehead atoms. The Morgan fingerprint density at radius 1 is 1.16 bits per heavy atom. The summed E-state index contributed by atoms with van der Waals surface area (Å²) in [6, 6.07) is 12.5. The molecule has 0 aromatic heterocycles. The molecule has 2 saturated heterocycles. The number of cyclic esters (lactones) is 1. The number of hydrogen-bond acceptors (Lipinski definition) is 5. The third-order valence-corrected chi connectivity index (χ3v) is 5.58. The fourth-order valence-electron chi connectivity index (χ4n) is 3.90. The molecular weight excluding hydrogens is 415 g/mol. The van der Waals surface area contributed by atoms with Crippen LogP contribution in [0.3, 0.4) is 0 Å². The van der Waals surface area contributed by atoms with Crippen LogP contribution in [0.15, 0.2) is 42.5 Å². The van der Waals surface area contributed by atoms with Gasteiger partial charge in [0.1, 0.15) is 11.9 Å². The summed E-state index contributed by atoms with van der Waals surface area (Å²) < 4.78 is 31.0. The summed E-state index contributed by atoms with van der Waals surface area (Å²) in [6.45, 7) is 3.21. The van der Waals surface area contributed by atoms with E-state index in [1.165, 1.54) is 23.5 Å². The van der Waals surface area contributed by atoms with Crippen LogP contribution >= 0.6 is 0 Å². The van der Waals surface area contributed by atoms with Crippen molar-refractivity contribution in [3.8, 4) is 11.1 Å². The Labute approximate surface area is 186 Å². The number of rotatable bonds is 8. The van der Waals surface area contributed by atoms with Crippen LogP contribution in [-0.2, 0) is 25.4 Å². The second kappa shape index (κ2) is 10.1. The minimum absolute atomic E-state index is 0.0875. The van der Waals surface area contributed by atoms with Gasteiger partial charge < -0.3 is 19.5 Å². The van der Waals surface area contributed by atoms with Crippen LogP contribution in [0.2, 0.25) is 0 Å². The highest BCUT2D eigenvalue weighted by Crippen LogP contribution is 2.29. The SMILES string of the molecule is CC(=O)NC[C@H]1CN(c2ccc(-c3ccc(CCCC4OCCO4)cc3)c(F)c2)C(=O)O1. The van der Waals surface area contributed by atoms with E-state index in [0.717, 1.165) is 24.8 Å². The zero-order valence-corrected chi connectivity index (χ0v) is 18.0. The summed E-state index contributed by atoms with van der Waals surface area (Å²) in [7, 11) is 0. The number of amides is 2. The predicted octanol–water partition coefficient (Wildman–Crippen LogP) is 3.65. The van der Waals surface area contributed by atoms with Crippen molar-refractivity contribution in [1.29, 1.82) is 0 Å². The Bertz CT molecular complexity index is 959. The first-order valence-corrected chi connectivity index (χ1v) is 10.8. The molecule has 4 rings (SSSR count). The maximum absolute atomic E-state index is 14.9. The largest absolute Gasteiger partial charge is 0.442 e. The number of carbonyl (C=O) groups excluding carboxylic acids is 2. The molecule has 0 radical (unpaired) electrons. The first-order valence-electron chi connectivity index (χ1n) is 10.8. The molecule has 7 nitrogen and oxygen atoms in total. The number of aryl methyl sites for hydroxylation is 1. The topological polar surface area (TPSA) is 77.1 Å². The van der Waals surface area contributed by atoms with Gasteiger partial charge >= 0.3 is 6.09 Å². The minimum Gasteiger partial charge on any atom is -0.442 e. The number of nitrogens with one attached hydrogen (secondary N) is 1. The van der Waals surface area contributed by atoms with Gasteiger partial charge in [-0.3, -0.25) is 9.69 Å². The Morgan fingerprint density at radius 3 is 2.59 bits per heavy atom.